The molecule has 0 aromatic heterocycles. The summed E-state index contributed by atoms with van der Waals surface area (Å²) in [6, 6.07) is 4.32. The average Bonchev–Trinajstić information content (AvgIpc) is 3.10. The number of likely N-dealkylation sites (N-methyl/N-ethyl adjacent to an activating group) is 1. The summed E-state index contributed by atoms with van der Waals surface area (Å²) in [5.41, 5.74) is 0. The van der Waals surface area contributed by atoms with Crippen LogP contribution in [0.25, 0.3) is 0 Å². The second-order valence-corrected chi connectivity index (χ2v) is 5.85. The fourth-order valence-electron chi connectivity index (χ4n) is 2.61. The van der Waals surface area contributed by atoms with Crippen molar-refractivity contribution < 1.29 is 0 Å². The van der Waals surface area contributed by atoms with Crippen molar-refractivity contribution in [2.75, 3.05) is 26.7 Å². The number of unbranched alkanes of at least 4 members (excludes halogenated alkanes) is 1. The molecule has 1 heterocycles. The first-order chi connectivity index (χ1) is 8.78. The Bertz CT molecular complexity index is 276. The minimum absolute atomic E-state index is 0.608. The first-order valence-corrected chi connectivity index (χ1v) is 7.33. The Morgan fingerprint density at radius 1 is 1.28 bits per heavy atom. The maximum absolute atomic E-state index is 8.60. The maximum atomic E-state index is 8.60. The molecule has 1 aliphatic heterocycles. The maximum Gasteiger partial charge on any atom is 0.0621 e. The second-order valence-electron chi connectivity index (χ2n) is 5.85. The van der Waals surface area contributed by atoms with Gasteiger partial charge in [0.15, 0.2) is 0 Å². The van der Waals surface area contributed by atoms with Crippen LogP contribution in [0, 0.1) is 11.3 Å². The molecule has 1 saturated carbocycles. The topological polar surface area (TPSA) is 51.1 Å². The van der Waals surface area contributed by atoms with Gasteiger partial charge in [-0.1, -0.05) is 0 Å². The van der Waals surface area contributed by atoms with Crippen molar-refractivity contribution in [2.24, 2.45) is 0 Å². The summed E-state index contributed by atoms with van der Waals surface area (Å²) in [7, 11) is 2.16. The number of hydrogen-bond acceptors (Lipinski definition) is 4. The molecule has 0 bridgehead atoms. The van der Waals surface area contributed by atoms with Crippen LogP contribution in [0.15, 0.2) is 0 Å². The number of likely N-dealkylation sites (tertiary alicyclic amines) is 1. The van der Waals surface area contributed by atoms with Crippen molar-refractivity contribution in [1.29, 1.82) is 5.26 Å². The van der Waals surface area contributed by atoms with Crippen LogP contribution in [0.3, 0.4) is 0 Å². The van der Waals surface area contributed by atoms with Gasteiger partial charge in [0.25, 0.3) is 0 Å². The Morgan fingerprint density at radius 2 is 2.06 bits per heavy atom. The van der Waals surface area contributed by atoms with E-state index in [-0.39, 0.29) is 0 Å². The van der Waals surface area contributed by atoms with E-state index >= 15 is 0 Å². The Morgan fingerprint density at radius 3 is 2.67 bits per heavy atom. The summed E-state index contributed by atoms with van der Waals surface area (Å²) in [6.45, 7) is 3.49. The van der Waals surface area contributed by atoms with Crippen molar-refractivity contribution in [1.82, 2.24) is 15.5 Å². The highest BCUT2D eigenvalue weighted by Crippen LogP contribution is 2.21. The standard InChI is InChI=1S/C14H26N4/c1-18-10-14(11-18)16-9-7-12(4-2-3-8-15)17-13-5-6-13/h12-14,16-17H,2-7,9-11H2,1H3. The highest BCUT2D eigenvalue weighted by Gasteiger charge is 2.25. The van der Waals surface area contributed by atoms with Crippen molar-refractivity contribution in [3.05, 3.63) is 0 Å². The van der Waals surface area contributed by atoms with E-state index in [0.29, 0.717) is 18.5 Å². The zero-order chi connectivity index (χ0) is 12.8. The lowest BCUT2D eigenvalue weighted by Gasteiger charge is -2.37. The molecule has 1 aliphatic carbocycles. The summed E-state index contributed by atoms with van der Waals surface area (Å²) >= 11 is 0. The van der Waals surface area contributed by atoms with Crippen LogP contribution in [0.2, 0.25) is 0 Å². The molecule has 4 heteroatoms. The number of hydrogen-bond donors (Lipinski definition) is 2. The van der Waals surface area contributed by atoms with Gasteiger partial charge in [-0.15, -0.1) is 0 Å². The van der Waals surface area contributed by atoms with E-state index in [1.807, 2.05) is 0 Å². The van der Waals surface area contributed by atoms with E-state index in [0.717, 1.165) is 25.4 Å². The molecule has 1 unspecified atom stereocenters. The van der Waals surface area contributed by atoms with Crippen molar-refractivity contribution in [3.63, 3.8) is 0 Å². The zero-order valence-electron chi connectivity index (χ0n) is 11.5. The lowest BCUT2D eigenvalue weighted by atomic mass is 10.1. The average molecular weight is 250 g/mol. The Hall–Kier alpha value is -0.630. The molecule has 0 aromatic rings. The molecular formula is C14H26N4. The number of nitrogens with one attached hydrogen (secondary N) is 2. The molecule has 4 nitrogen and oxygen atoms in total. The zero-order valence-corrected chi connectivity index (χ0v) is 11.5. The third-order valence-corrected chi connectivity index (χ3v) is 3.88. The normalized spacial score (nSPS) is 22.4. The van der Waals surface area contributed by atoms with Crippen molar-refractivity contribution in [3.8, 4) is 6.07 Å². The molecule has 2 fully saturated rings. The largest absolute Gasteiger partial charge is 0.311 e. The first kappa shape index (κ1) is 13.8. The summed E-state index contributed by atoms with van der Waals surface area (Å²) in [6.07, 6.45) is 6.76. The monoisotopic (exact) mass is 250 g/mol. The van der Waals surface area contributed by atoms with Crippen LogP contribution in [-0.2, 0) is 0 Å². The van der Waals surface area contributed by atoms with Gasteiger partial charge < -0.3 is 15.5 Å². The van der Waals surface area contributed by atoms with Crippen LogP contribution in [-0.4, -0.2) is 49.7 Å². The van der Waals surface area contributed by atoms with Crippen LogP contribution in [0.5, 0.6) is 0 Å². The second kappa shape index (κ2) is 7.08. The van der Waals surface area contributed by atoms with E-state index in [1.165, 1.54) is 32.4 Å². The summed E-state index contributed by atoms with van der Waals surface area (Å²) in [4.78, 5) is 2.34. The van der Waals surface area contributed by atoms with Crippen LogP contribution in [0.4, 0.5) is 0 Å². The van der Waals surface area contributed by atoms with Gasteiger partial charge in [-0.05, 0) is 45.7 Å². The highest BCUT2D eigenvalue weighted by atomic mass is 15.2. The first-order valence-electron chi connectivity index (χ1n) is 7.33. The molecule has 18 heavy (non-hydrogen) atoms. The van der Waals surface area contributed by atoms with Gasteiger partial charge in [0.1, 0.15) is 0 Å². The van der Waals surface area contributed by atoms with E-state index in [1.54, 1.807) is 0 Å². The molecule has 1 atom stereocenters. The summed E-state index contributed by atoms with van der Waals surface area (Å²) < 4.78 is 0. The Kier molecular flexibility index (Phi) is 5.43. The molecule has 0 radical (unpaired) electrons. The number of nitrogens with zero attached hydrogens (tertiary/aromatic N) is 2. The van der Waals surface area contributed by atoms with Gasteiger partial charge in [-0.2, -0.15) is 5.26 Å². The molecule has 0 spiro atoms. The summed E-state index contributed by atoms with van der Waals surface area (Å²) in [5, 5.41) is 15.9. The van der Waals surface area contributed by atoms with E-state index in [2.05, 4.69) is 28.7 Å². The lowest BCUT2D eigenvalue weighted by Crippen LogP contribution is -2.56. The molecular weight excluding hydrogens is 224 g/mol. The molecule has 2 aliphatic rings. The predicted octanol–water partition coefficient (Wildman–Crippen LogP) is 1.09. The number of rotatable bonds is 9. The van der Waals surface area contributed by atoms with E-state index < -0.39 is 0 Å². The van der Waals surface area contributed by atoms with Gasteiger partial charge in [0.2, 0.25) is 0 Å². The molecule has 1 saturated heterocycles. The quantitative estimate of drug-likeness (QED) is 0.602. The van der Waals surface area contributed by atoms with Crippen LogP contribution < -0.4 is 10.6 Å². The lowest BCUT2D eigenvalue weighted by molar-refractivity contribution is 0.161. The van der Waals surface area contributed by atoms with Gasteiger partial charge in [-0.3, -0.25) is 0 Å². The smallest absolute Gasteiger partial charge is 0.0621 e. The number of nitriles is 1. The minimum Gasteiger partial charge on any atom is -0.311 e. The summed E-state index contributed by atoms with van der Waals surface area (Å²) in [5.74, 6) is 0. The molecule has 2 rings (SSSR count). The van der Waals surface area contributed by atoms with Gasteiger partial charge in [-0.25, -0.2) is 0 Å². The van der Waals surface area contributed by atoms with Gasteiger partial charge >= 0.3 is 0 Å². The van der Waals surface area contributed by atoms with E-state index in [4.69, 9.17) is 5.26 Å². The molecule has 2 N–H and O–H groups in total. The van der Waals surface area contributed by atoms with E-state index in [9.17, 15) is 0 Å². The molecule has 0 amide bonds. The fourth-order valence-corrected chi connectivity index (χ4v) is 2.61. The fraction of sp³-hybridized carbons (Fsp3) is 0.929. The van der Waals surface area contributed by atoms with Gasteiger partial charge in [0.05, 0.1) is 6.07 Å². The SMILES string of the molecule is CN1CC(NCCC(CCCC#N)NC2CC2)C1. The highest BCUT2D eigenvalue weighted by molar-refractivity contribution is 4.87. The third-order valence-electron chi connectivity index (χ3n) is 3.88. The molecule has 0 aromatic carbocycles. The van der Waals surface area contributed by atoms with Crippen molar-refractivity contribution >= 4 is 0 Å². The Balaban J connectivity index is 1.56. The van der Waals surface area contributed by atoms with Crippen LogP contribution in [0.1, 0.15) is 38.5 Å². The predicted molar refractivity (Wildman–Crippen MR) is 73.3 cm³/mol. The minimum atomic E-state index is 0.608. The van der Waals surface area contributed by atoms with Gasteiger partial charge in [0, 0.05) is 37.6 Å². The van der Waals surface area contributed by atoms with Crippen molar-refractivity contribution in [2.45, 2.75) is 56.7 Å². The Labute approximate surface area is 111 Å². The third kappa shape index (κ3) is 4.93. The molecule has 102 valence electrons. The van der Waals surface area contributed by atoms with Crippen LogP contribution >= 0.6 is 0 Å².